The van der Waals surface area contributed by atoms with E-state index in [2.05, 4.69) is 41.1 Å². The first-order valence-electron chi connectivity index (χ1n) is 16.0. The van der Waals surface area contributed by atoms with Crippen LogP contribution in [0.4, 0.5) is 4.39 Å². The molecule has 6 aliphatic rings. The number of allylic oxidation sites excluding steroid dienone is 1. The molecule has 5 heterocycles. The molecule has 44 heavy (non-hydrogen) atoms. The van der Waals surface area contributed by atoms with Crippen LogP contribution in [-0.2, 0) is 22.7 Å². The van der Waals surface area contributed by atoms with Crippen LogP contribution in [0.25, 0.3) is 5.57 Å². The standard InChI is InChI=1S/C35H40ClFN4O3/c1-35(2)14-13-22(28(15-35)21-3-6-24(36)7-4-21)16-39-18-26-9-8-25(39)19-40(26)17-23-5-10-27-29(32(23)37)20-41(34(27)44)30-11-12-31(42)38-33(30)43/h3-7,10,25-26,30H,8-9,11-20H2,1-2H3,(H,38,42,43). The number of carbonyl (C=O) groups is 3. The van der Waals surface area contributed by atoms with Crippen molar-refractivity contribution in [1.82, 2.24) is 20.0 Å². The average molecular weight is 619 g/mol. The van der Waals surface area contributed by atoms with Crippen molar-refractivity contribution in [2.24, 2.45) is 5.41 Å². The van der Waals surface area contributed by atoms with Gasteiger partial charge in [0.1, 0.15) is 11.9 Å². The quantitative estimate of drug-likeness (QED) is 0.430. The van der Waals surface area contributed by atoms with Crippen LogP contribution < -0.4 is 5.32 Å². The maximum absolute atomic E-state index is 15.9. The zero-order valence-corrected chi connectivity index (χ0v) is 26.3. The SMILES string of the molecule is CC1(C)CCC(CN2CC3CCC2CN3Cc2ccc3c(c2F)CN(C2CCC(=O)NC2=O)C3=O)=C(c2ccc(Cl)cc2)C1. The van der Waals surface area contributed by atoms with Crippen LogP contribution in [0.15, 0.2) is 42.0 Å². The minimum Gasteiger partial charge on any atom is -0.322 e. The van der Waals surface area contributed by atoms with Gasteiger partial charge < -0.3 is 4.90 Å². The van der Waals surface area contributed by atoms with Crippen LogP contribution >= 0.6 is 11.6 Å². The fourth-order valence-corrected chi connectivity index (χ4v) is 8.22. The monoisotopic (exact) mass is 618 g/mol. The van der Waals surface area contributed by atoms with E-state index in [1.165, 1.54) is 22.5 Å². The van der Waals surface area contributed by atoms with Gasteiger partial charge in [-0.15, -0.1) is 0 Å². The van der Waals surface area contributed by atoms with Gasteiger partial charge >= 0.3 is 0 Å². The van der Waals surface area contributed by atoms with Gasteiger partial charge in [-0.1, -0.05) is 49.2 Å². The molecule has 9 heteroatoms. The molecule has 2 aromatic carbocycles. The summed E-state index contributed by atoms with van der Waals surface area (Å²) in [5.41, 5.74) is 5.86. The lowest BCUT2D eigenvalue weighted by molar-refractivity contribution is -0.136. The first-order valence-corrected chi connectivity index (χ1v) is 16.3. The molecule has 0 radical (unpaired) electrons. The molecular formula is C35H40ClFN4O3. The van der Waals surface area contributed by atoms with Crippen LogP contribution in [0.5, 0.6) is 0 Å². The highest BCUT2D eigenvalue weighted by molar-refractivity contribution is 6.30. The lowest BCUT2D eigenvalue weighted by Gasteiger charge is -2.52. The molecule has 2 bridgehead atoms. The van der Waals surface area contributed by atoms with Crippen LogP contribution in [0.1, 0.15) is 85.8 Å². The van der Waals surface area contributed by atoms with E-state index >= 15 is 4.39 Å². The van der Waals surface area contributed by atoms with Gasteiger partial charge in [0, 0.05) is 66.4 Å². The number of piperazine rings is 1. The Morgan fingerprint density at radius 2 is 1.64 bits per heavy atom. The second-order valence-corrected chi connectivity index (χ2v) is 14.6. The Morgan fingerprint density at radius 1 is 0.932 bits per heavy atom. The highest BCUT2D eigenvalue weighted by atomic mass is 35.5. The van der Waals surface area contributed by atoms with Crippen LogP contribution in [0.3, 0.4) is 0 Å². The summed E-state index contributed by atoms with van der Waals surface area (Å²) in [4.78, 5) is 43.6. The Bertz CT molecular complexity index is 1550. The molecule has 7 nitrogen and oxygen atoms in total. The molecule has 2 aromatic rings. The summed E-state index contributed by atoms with van der Waals surface area (Å²) in [6.45, 7) is 8.14. The van der Waals surface area contributed by atoms with Crippen LogP contribution in [0, 0.1) is 11.2 Å². The van der Waals surface area contributed by atoms with Crippen molar-refractivity contribution in [3.63, 3.8) is 0 Å². The molecule has 3 unspecified atom stereocenters. The van der Waals surface area contributed by atoms with Crippen molar-refractivity contribution in [2.75, 3.05) is 19.6 Å². The second-order valence-electron chi connectivity index (χ2n) is 14.1. The largest absolute Gasteiger partial charge is 0.322 e. The summed E-state index contributed by atoms with van der Waals surface area (Å²) < 4.78 is 15.9. The number of piperidine rings is 3. The summed E-state index contributed by atoms with van der Waals surface area (Å²) in [5, 5.41) is 3.07. The number of imide groups is 1. The average Bonchev–Trinajstić information content (AvgIpc) is 3.33. The minimum absolute atomic E-state index is 0.0574. The molecule has 1 N–H and O–H groups in total. The van der Waals surface area contributed by atoms with Crippen molar-refractivity contribution in [3.8, 4) is 0 Å². The first kappa shape index (κ1) is 29.6. The van der Waals surface area contributed by atoms with E-state index in [4.69, 9.17) is 11.6 Å². The molecule has 0 spiro atoms. The molecule has 1 aliphatic carbocycles. The smallest absolute Gasteiger partial charge is 0.255 e. The second kappa shape index (κ2) is 11.4. The van der Waals surface area contributed by atoms with E-state index in [-0.39, 0.29) is 42.4 Å². The number of hydrogen-bond acceptors (Lipinski definition) is 5. The summed E-state index contributed by atoms with van der Waals surface area (Å²) >= 11 is 6.21. The fourth-order valence-electron chi connectivity index (χ4n) is 8.09. The number of fused-ring (bicyclic) bond motifs is 4. The van der Waals surface area contributed by atoms with E-state index < -0.39 is 11.9 Å². The molecule has 4 saturated heterocycles. The van der Waals surface area contributed by atoms with Gasteiger partial charge in [0.2, 0.25) is 11.8 Å². The molecule has 0 saturated carbocycles. The van der Waals surface area contributed by atoms with Crippen molar-refractivity contribution in [2.45, 2.75) is 90.0 Å². The Morgan fingerprint density at radius 3 is 2.32 bits per heavy atom. The molecule has 3 atom stereocenters. The van der Waals surface area contributed by atoms with Crippen molar-refractivity contribution in [3.05, 3.63) is 75.1 Å². The zero-order valence-electron chi connectivity index (χ0n) is 25.5. The number of amides is 3. The Balaban J connectivity index is 1.05. The van der Waals surface area contributed by atoms with Gasteiger partial charge in [0.15, 0.2) is 0 Å². The number of hydrogen-bond donors (Lipinski definition) is 1. The molecule has 8 rings (SSSR count). The Kier molecular flexibility index (Phi) is 7.66. The predicted molar refractivity (Wildman–Crippen MR) is 167 cm³/mol. The number of nitrogens with zero attached hydrogens (tertiary/aromatic N) is 3. The van der Waals surface area contributed by atoms with E-state index in [9.17, 15) is 14.4 Å². The third-order valence-electron chi connectivity index (χ3n) is 10.6. The maximum Gasteiger partial charge on any atom is 0.255 e. The highest BCUT2D eigenvalue weighted by Crippen LogP contribution is 2.44. The van der Waals surface area contributed by atoms with E-state index in [1.54, 1.807) is 17.7 Å². The third-order valence-corrected chi connectivity index (χ3v) is 10.9. The minimum atomic E-state index is -0.746. The lowest BCUT2D eigenvalue weighted by Crippen LogP contribution is -2.62. The maximum atomic E-state index is 15.9. The molecule has 3 amide bonds. The van der Waals surface area contributed by atoms with Gasteiger partial charge in [0.05, 0.1) is 6.54 Å². The third kappa shape index (κ3) is 5.50. The molecule has 5 aliphatic heterocycles. The van der Waals surface area contributed by atoms with Gasteiger partial charge in [-0.05, 0) is 73.3 Å². The number of carbonyl (C=O) groups excluding carboxylic acids is 3. The summed E-state index contributed by atoms with van der Waals surface area (Å²) in [6, 6.07) is 11.8. The topological polar surface area (TPSA) is 73.0 Å². The normalized spacial score (nSPS) is 27.2. The summed E-state index contributed by atoms with van der Waals surface area (Å²) in [6.07, 6.45) is 6.06. The predicted octanol–water partition coefficient (Wildman–Crippen LogP) is 5.55. The van der Waals surface area contributed by atoms with Crippen LogP contribution in [-0.4, -0.2) is 70.2 Å². The van der Waals surface area contributed by atoms with Gasteiger partial charge in [-0.2, -0.15) is 0 Å². The number of halogens is 2. The number of benzene rings is 2. The Labute approximate surface area is 263 Å². The van der Waals surface area contributed by atoms with Crippen molar-refractivity contribution >= 4 is 34.9 Å². The van der Waals surface area contributed by atoms with Crippen molar-refractivity contribution in [1.29, 1.82) is 0 Å². The summed E-state index contributed by atoms with van der Waals surface area (Å²) in [7, 11) is 0. The summed E-state index contributed by atoms with van der Waals surface area (Å²) in [5.74, 6) is -1.50. The number of nitrogens with one attached hydrogen (secondary N) is 1. The molecular weight excluding hydrogens is 579 g/mol. The number of rotatable bonds is 6. The van der Waals surface area contributed by atoms with E-state index in [1.807, 2.05) is 12.1 Å². The van der Waals surface area contributed by atoms with Crippen molar-refractivity contribution < 1.29 is 18.8 Å². The fraction of sp³-hybridized carbons (Fsp3) is 0.514. The Hall–Kier alpha value is -3.07. The molecule has 4 fully saturated rings. The molecule has 232 valence electrons. The van der Waals surface area contributed by atoms with Gasteiger partial charge in [-0.3, -0.25) is 29.5 Å². The molecule has 0 aromatic heterocycles. The highest BCUT2D eigenvalue weighted by Gasteiger charge is 2.42. The zero-order chi connectivity index (χ0) is 30.7. The van der Waals surface area contributed by atoms with Gasteiger partial charge in [0.25, 0.3) is 5.91 Å². The van der Waals surface area contributed by atoms with Gasteiger partial charge in [-0.25, -0.2) is 4.39 Å². The van der Waals surface area contributed by atoms with E-state index in [0.29, 0.717) is 35.3 Å². The van der Waals surface area contributed by atoms with Crippen LogP contribution in [0.2, 0.25) is 5.02 Å². The lowest BCUT2D eigenvalue weighted by atomic mass is 9.72. The first-order chi connectivity index (χ1) is 21.1. The van der Waals surface area contributed by atoms with E-state index in [0.717, 1.165) is 50.3 Å².